The van der Waals surface area contributed by atoms with Gasteiger partial charge in [-0.2, -0.15) is 0 Å². The monoisotopic (exact) mass is 220 g/mol. The zero-order chi connectivity index (χ0) is 11.7. The molecule has 1 aromatic heterocycles. The molecular formula is C12H16N2O2. The molecule has 1 saturated carbocycles. The number of nitrogens with zero attached hydrogens (tertiary/aromatic N) is 2. The van der Waals surface area contributed by atoms with E-state index in [0.29, 0.717) is 11.8 Å². The third-order valence-corrected chi connectivity index (χ3v) is 3.08. The quantitative estimate of drug-likeness (QED) is 0.847. The van der Waals surface area contributed by atoms with E-state index in [9.17, 15) is 4.79 Å². The van der Waals surface area contributed by atoms with Crippen LogP contribution in [-0.4, -0.2) is 21.0 Å². The van der Waals surface area contributed by atoms with E-state index in [1.54, 1.807) is 0 Å². The van der Waals surface area contributed by atoms with Gasteiger partial charge in [-0.3, -0.25) is 0 Å². The van der Waals surface area contributed by atoms with Gasteiger partial charge in [0, 0.05) is 18.0 Å². The summed E-state index contributed by atoms with van der Waals surface area (Å²) in [6.45, 7) is 4.14. The van der Waals surface area contributed by atoms with Crippen molar-refractivity contribution in [2.75, 3.05) is 0 Å². The number of aromatic nitrogens is 2. The molecule has 0 spiro atoms. The van der Waals surface area contributed by atoms with Crippen LogP contribution in [0.1, 0.15) is 66.8 Å². The highest BCUT2D eigenvalue weighted by Crippen LogP contribution is 2.40. The van der Waals surface area contributed by atoms with Crippen molar-refractivity contribution in [2.24, 2.45) is 0 Å². The number of hydrogen-bond acceptors (Lipinski definition) is 3. The lowest BCUT2D eigenvalue weighted by Gasteiger charge is -2.10. The molecule has 1 heterocycles. The first-order chi connectivity index (χ1) is 7.63. The van der Waals surface area contributed by atoms with Crippen LogP contribution in [0.25, 0.3) is 0 Å². The summed E-state index contributed by atoms with van der Waals surface area (Å²) < 4.78 is 0. The van der Waals surface area contributed by atoms with Gasteiger partial charge in [0.2, 0.25) is 0 Å². The normalized spacial score (nSPS) is 17.1. The summed E-state index contributed by atoms with van der Waals surface area (Å²) in [4.78, 5) is 19.6. The van der Waals surface area contributed by atoms with Crippen molar-refractivity contribution in [2.45, 2.75) is 44.9 Å². The predicted molar refractivity (Wildman–Crippen MR) is 59.7 cm³/mol. The third-order valence-electron chi connectivity index (χ3n) is 3.08. The van der Waals surface area contributed by atoms with E-state index in [0.717, 1.165) is 30.8 Å². The second-order valence-electron chi connectivity index (χ2n) is 4.42. The zero-order valence-corrected chi connectivity index (χ0v) is 9.60. The summed E-state index contributed by atoms with van der Waals surface area (Å²) in [5.74, 6) is 0.490. The van der Waals surface area contributed by atoms with Crippen molar-refractivity contribution in [3.05, 3.63) is 23.3 Å². The highest BCUT2D eigenvalue weighted by atomic mass is 16.4. The lowest BCUT2D eigenvalue weighted by Crippen LogP contribution is -2.09. The first kappa shape index (κ1) is 11.0. The molecule has 0 aliphatic heterocycles. The van der Waals surface area contributed by atoms with Gasteiger partial charge in [-0.25, -0.2) is 14.8 Å². The van der Waals surface area contributed by atoms with E-state index in [-0.39, 0.29) is 5.56 Å². The second kappa shape index (κ2) is 4.20. The molecule has 0 amide bonds. The van der Waals surface area contributed by atoms with Crippen LogP contribution in [0.15, 0.2) is 6.20 Å². The zero-order valence-electron chi connectivity index (χ0n) is 9.60. The molecule has 1 unspecified atom stereocenters. The maximum atomic E-state index is 11.0. The largest absolute Gasteiger partial charge is 0.478 e. The molecule has 0 bridgehead atoms. The average Bonchev–Trinajstić information content (AvgIpc) is 3.10. The Balaban J connectivity index is 2.39. The molecule has 1 N–H and O–H groups in total. The van der Waals surface area contributed by atoms with E-state index in [1.165, 1.54) is 6.20 Å². The Morgan fingerprint density at radius 3 is 2.81 bits per heavy atom. The summed E-state index contributed by atoms with van der Waals surface area (Å²) in [5.41, 5.74) is 1.01. The molecule has 1 aliphatic carbocycles. The van der Waals surface area contributed by atoms with Crippen molar-refractivity contribution >= 4 is 5.97 Å². The van der Waals surface area contributed by atoms with Crippen LogP contribution in [0, 0.1) is 0 Å². The van der Waals surface area contributed by atoms with E-state index in [4.69, 9.17) is 5.11 Å². The smallest absolute Gasteiger partial charge is 0.339 e. The maximum Gasteiger partial charge on any atom is 0.339 e. The number of aromatic carboxylic acids is 1. The fourth-order valence-electron chi connectivity index (χ4n) is 1.66. The fourth-order valence-corrected chi connectivity index (χ4v) is 1.66. The lowest BCUT2D eigenvalue weighted by atomic mass is 10.1. The summed E-state index contributed by atoms with van der Waals surface area (Å²) in [5, 5.41) is 9.05. The van der Waals surface area contributed by atoms with Crippen molar-refractivity contribution in [3.63, 3.8) is 0 Å². The Morgan fingerprint density at radius 2 is 2.31 bits per heavy atom. The van der Waals surface area contributed by atoms with E-state index in [1.807, 2.05) is 0 Å². The molecule has 0 saturated heterocycles. The number of carboxylic acids is 1. The van der Waals surface area contributed by atoms with Gasteiger partial charge in [-0.05, 0) is 19.3 Å². The van der Waals surface area contributed by atoms with E-state index >= 15 is 0 Å². The van der Waals surface area contributed by atoms with E-state index in [2.05, 4.69) is 23.8 Å². The van der Waals surface area contributed by atoms with Gasteiger partial charge in [-0.1, -0.05) is 13.8 Å². The van der Waals surface area contributed by atoms with Gasteiger partial charge >= 0.3 is 5.97 Å². The van der Waals surface area contributed by atoms with Gasteiger partial charge in [0.1, 0.15) is 5.82 Å². The highest BCUT2D eigenvalue weighted by Gasteiger charge is 2.30. The SMILES string of the molecule is CCC(C)c1ncc(C(=O)O)c(C2CC2)n1. The van der Waals surface area contributed by atoms with Gasteiger partial charge in [-0.15, -0.1) is 0 Å². The van der Waals surface area contributed by atoms with Crippen LogP contribution in [0.3, 0.4) is 0 Å². The Kier molecular flexibility index (Phi) is 2.90. The molecule has 2 rings (SSSR count). The van der Waals surface area contributed by atoms with Crippen molar-refractivity contribution in [1.82, 2.24) is 9.97 Å². The number of carbonyl (C=O) groups is 1. The molecule has 0 aromatic carbocycles. The van der Waals surface area contributed by atoms with Gasteiger partial charge in [0.05, 0.1) is 11.3 Å². The molecule has 16 heavy (non-hydrogen) atoms. The lowest BCUT2D eigenvalue weighted by molar-refractivity contribution is 0.0694. The second-order valence-corrected chi connectivity index (χ2v) is 4.42. The molecule has 86 valence electrons. The molecule has 1 fully saturated rings. The minimum absolute atomic E-state index is 0.273. The van der Waals surface area contributed by atoms with Gasteiger partial charge < -0.3 is 5.11 Å². The van der Waals surface area contributed by atoms with Gasteiger partial charge in [0.15, 0.2) is 0 Å². The van der Waals surface area contributed by atoms with Gasteiger partial charge in [0.25, 0.3) is 0 Å². The minimum atomic E-state index is -0.919. The Hall–Kier alpha value is -1.45. The van der Waals surface area contributed by atoms with Crippen molar-refractivity contribution in [3.8, 4) is 0 Å². The van der Waals surface area contributed by atoms with Crippen LogP contribution in [0.2, 0.25) is 0 Å². The first-order valence-electron chi connectivity index (χ1n) is 5.73. The molecular weight excluding hydrogens is 204 g/mol. The molecule has 0 radical (unpaired) electrons. The molecule has 4 nitrogen and oxygen atoms in total. The first-order valence-corrected chi connectivity index (χ1v) is 5.73. The standard InChI is InChI=1S/C12H16N2O2/c1-3-7(2)11-13-6-9(12(15)16)10(14-11)8-4-5-8/h6-8H,3-5H2,1-2H3,(H,15,16). The minimum Gasteiger partial charge on any atom is -0.478 e. The van der Waals surface area contributed by atoms with Crippen LogP contribution >= 0.6 is 0 Å². The molecule has 4 heteroatoms. The maximum absolute atomic E-state index is 11.0. The summed E-state index contributed by atoms with van der Waals surface area (Å²) in [6.07, 6.45) is 4.54. The highest BCUT2D eigenvalue weighted by molar-refractivity contribution is 5.88. The predicted octanol–water partition coefficient (Wildman–Crippen LogP) is 2.57. The third kappa shape index (κ3) is 2.05. The van der Waals surface area contributed by atoms with E-state index < -0.39 is 5.97 Å². The Labute approximate surface area is 94.7 Å². The topological polar surface area (TPSA) is 63.1 Å². The molecule has 1 aliphatic rings. The summed E-state index contributed by atoms with van der Waals surface area (Å²) >= 11 is 0. The Morgan fingerprint density at radius 1 is 1.62 bits per heavy atom. The molecule has 1 atom stereocenters. The summed E-state index contributed by atoms with van der Waals surface area (Å²) in [7, 11) is 0. The average molecular weight is 220 g/mol. The Bertz CT molecular complexity index is 413. The number of rotatable bonds is 4. The van der Waals surface area contributed by atoms with Crippen LogP contribution in [-0.2, 0) is 0 Å². The van der Waals surface area contributed by atoms with Crippen molar-refractivity contribution < 1.29 is 9.90 Å². The summed E-state index contributed by atoms with van der Waals surface area (Å²) in [6, 6.07) is 0. The number of hydrogen-bond donors (Lipinski definition) is 1. The van der Waals surface area contributed by atoms with Crippen LogP contribution in [0.4, 0.5) is 0 Å². The van der Waals surface area contributed by atoms with Crippen LogP contribution < -0.4 is 0 Å². The van der Waals surface area contributed by atoms with Crippen molar-refractivity contribution in [1.29, 1.82) is 0 Å². The molecule has 1 aromatic rings. The number of carboxylic acid groups (broad SMARTS) is 1. The van der Waals surface area contributed by atoms with Crippen LogP contribution in [0.5, 0.6) is 0 Å². The fraction of sp³-hybridized carbons (Fsp3) is 0.583.